The Hall–Kier alpha value is -3.70. The zero-order chi connectivity index (χ0) is 23.4. The summed E-state index contributed by atoms with van der Waals surface area (Å²) >= 11 is 1.23. The third-order valence-electron chi connectivity index (χ3n) is 5.61. The number of methoxy groups -OCH3 is 1. The molecule has 0 bridgehead atoms. The van der Waals surface area contributed by atoms with Crippen LogP contribution in [0.3, 0.4) is 0 Å². The van der Waals surface area contributed by atoms with Crippen LogP contribution < -0.4 is 15.4 Å². The van der Waals surface area contributed by atoms with Crippen molar-refractivity contribution in [1.82, 2.24) is 5.32 Å². The second-order valence-electron chi connectivity index (χ2n) is 7.72. The summed E-state index contributed by atoms with van der Waals surface area (Å²) in [4.78, 5) is 25.4. The zero-order valence-corrected chi connectivity index (χ0v) is 18.9. The summed E-state index contributed by atoms with van der Waals surface area (Å²) in [7, 11) is 1.45. The van der Waals surface area contributed by atoms with Crippen molar-refractivity contribution in [3.63, 3.8) is 0 Å². The number of benzene rings is 2. The number of amides is 1. The molecule has 8 heteroatoms. The first-order chi connectivity index (χ1) is 16.0. The number of thioether (sulfide) groups is 1. The summed E-state index contributed by atoms with van der Waals surface area (Å²) in [5, 5.41) is 26.8. The molecule has 3 N–H and O–H groups in total. The summed E-state index contributed by atoms with van der Waals surface area (Å²) in [6, 6.07) is 16.3. The lowest BCUT2D eigenvalue weighted by atomic mass is 9.77. The molecule has 0 spiro atoms. The highest BCUT2D eigenvalue weighted by molar-refractivity contribution is 8.03. The molecule has 2 aromatic carbocycles. The first kappa shape index (κ1) is 22.5. The Morgan fingerprint density at radius 2 is 2.06 bits per heavy atom. The first-order valence-electron chi connectivity index (χ1n) is 10.5. The lowest BCUT2D eigenvalue weighted by Crippen LogP contribution is -2.31. The van der Waals surface area contributed by atoms with Crippen LogP contribution in [-0.2, 0) is 9.59 Å². The molecule has 1 aliphatic heterocycles. The van der Waals surface area contributed by atoms with Crippen molar-refractivity contribution in [2.75, 3.05) is 18.2 Å². The molecule has 0 radical (unpaired) electrons. The Morgan fingerprint density at radius 3 is 2.79 bits per heavy atom. The van der Waals surface area contributed by atoms with Crippen LogP contribution in [0.15, 0.2) is 70.4 Å². The third-order valence-corrected chi connectivity index (χ3v) is 6.62. The fraction of sp³-hybridized carbons (Fsp3) is 0.240. The van der Waals surface area contributed by atoms with Gasteiger partial charge in [0, 0.05) is 23.4 Å². The summed E-state index contributed by atoms with van der Waals surface area (Å²) in [6.07, 6.45) is 1.84. The van der Waals surface area contributed by atoms with Crippen molar-refractivity contribution in [3.05, 3.63) is 76.0 Å². The molecule has 168 valence electrons. The van der Waals surface area contributed by atoms with Crippen LogP contribution >= 0.6 is 11.8 Å². The summed E-state index contributed by atoms with van der Waals surface area (Å²) < 4.78 is 5.25. The average molecular weight is 462 g/mol. The minimum absolute atomic E-state index is 0.000544. The molecule has 2 aliphatic rings. The number of dihydropyridines is 1. The van der Waals surface area contributed by atoms with E-state index in [2.05, 4.69) is 16.7 Å². The molecule has 4 rings (SSSR count). The molecule has 1 heterocycles. The average Bonchev–Trinajstić information content (AvgIpc) is 2.83. The van der Waals surface area contributed by atoms with E-state index < -0.39 is 5.92 Å². The minimum atomic E-state index is -0.590. The van der Waals surface area contributed by atoms with Crippen molar-refractivity contribution in [2.45, 2.75) is 25.2 Å². The number of nitriles is 1. The van der Waals surface area contributed by atoms with Gasteiger partial charge >= 0.3 is 0 Å². The normalized spacial score (nSPS) is 17.7. The Kier molecular flexibility index (Phi) is 6.71. The number of allylic oxidation sites excluding steroid dienone is 3. The van der Waals surface area contributed by atoms with E-state index in [0.717, 1.165) is 12.1 Å². The van der Waals surface area contributed by atoms with E-state index >= 15 is 0 Å². The van der Waals surface area contributed by atoms with E-state index in [1.54, 1.807) is 24.3 Å². The molecule has 0 saturated carbocycles. The minimum Gasteiger partial charge on any atom is -0.504 e. The molecule has 1 amide bonds. The molecular formula is C25H23N3O4S. The SMILES string of the molecule is COc1cc([C@@H]2C(C#N)=C(SCC(=O)Nc3ccccc3)NC3=C2C(=O)CCC3)ccc1O. The van der Waals surface area contributed by atoms with Crippen LogP contribution in [0, 0.1) is 11.3 Å². The van der Waals surface area contributed by atoms with Gasteiger partial charge in [0.15, 0.2) is 17.3 Å². The van der Waals surface area contributed by atoms with Crippen molar-refractivity contribution in [1.29, 1.82) is 5.26 Å². The molecule has 1 aliphatic carbocycles. The number of phenolic OH excluding ortho intramolecular Hbond substituents is 1. The number of phenols is 1. The molecule has 2 aromatic rings. The van der Waals surface area contributed by atoms with Crippen LogP contribution in [-0.4, -0.2) is 29.7 Å². The largest absolute Gasteiger partial charge is 0.504 e. The molecule has 7 nitrogen and oxygen atoms in total. The number of carbonyl (C=O) groups is 2. The molecule has 0 aromatic heterocycles. The van der Waals surface area contributed by atoms with Crippen LogP contribution in [0.1, 0.15) is 30.7 Å². The van der Waals surface area contributed by atoms with Crippen LogP contribution in [0.5, 0.6) is 11.5 Å². The van der Waals surface area contributed by atoms with E-state index in [-0.39, 0.29) is 28.9 Å². The Bertz CT molecular complexity index is 1200. The molecule has 33 heavy (non-hydrogen) atoms. The number of anilines is 1. The highest BCUT2D eigenvalue weighted by atomic mass is 32.2. The van der Waals surface area contributed by atoms with Crippen molar-refractivity contribution in [3.8, 4) is 17.6 Å². The standard InChI is InChI=1S/C25H23N3O4S/c1-32-21-12-15(10-11-19(21)29)23-17(13-26)25(28-18-8-5-9-20(30)24(18)23)33-14-22(31)27-16-6-3-2-4-7-16/h2-4,6-7,10-12,23,28-29H,5,8-9,14H2,1H3,(H,27,31)/t23-/m1/s1. The number of hydrogen-bond acceptors (Lipinski definition) is 7. The van der Waals surface area contributed by atoms with Crippen molar-refractivity contribution < 1.29 is 19.4 Å². The molecule has 0 fully saturated rings. The van der Waals surface area contributed by atoms with Gasteiger partial charge in [0.25, 0.3) is 0 Å². The van der Waals surface area contributed by atoms with Gasteiger partial charge in [-0.25, -0.2) is 0 Å². The maximum Gasteiger partial charge on any atom is 0.234 e. The predicted molar refractivity (Wildman–Crippen MR) is 127 cm³/mol. The summed E-state index contributed by atoms with van der Waals surface area (Å²) in [6.45, 7) is 0. The fourth-order valence-corrected chi connectivity index (χ4v) is 4.96. The highest BCUT2D eigenvalue weighted by Gasteiger charge is 2.37. The fourth-order valence-electron chi connectivity index (χ4n) is 4.10. The third kappa shape index (κ3) is 4.73. The molecule has 0 unspecified atom stereocenters. The summed E-state index contributed by atoms with van der Waals surface area (Å²) in [5.41, 5.74) is 3.11. The van der Waals surface area contributed by atoms with Gasteiger partial charge in [0.2, 0.25) is 5.91 Å². The van der Waals surface area contributed by atoms with Gasteiger partial charge in [-0.15, -0.1) is 0 Å². The maximum atomic E-state index is 12.9. The number of para-hydroxylation sites is 1. The number of carbonyl (C=O) groups excluding carboxylic acids is 2. The Balaban J connectivity index is 1.66. The number of nitrogens with zero attached hydrogens (tertiary/aromatic N) is 1. The molecule has 1 atom stereocenters. The highest BCUT2D eigenvalue weighted by Crippen LogP contribution is 2.45. The number of aromatic hydroxyl groups is 1. The quantitative estimate of drug-likeness (QED) is 0.591. The van der Waals surface area contributed by atoms with Gasteiger partial charge in [-0.05, 0) is 42.7 Å². The van der Waals surface area contributed by atoms with Crippen molar-refractivity contribution in [2.24, 2.45) is 0 Å². The van der Waals surface area contributed by atoms with Gasteiger partial charge in [-0.2, -0.15) is 5.26 Å². The second-order valence-corrected chi connectivity index (χ2v) is 8.70. The number of hydrogen-bond donors (Lipinski definition) is 3. The predicted octanol–water partition coefficient (Wildman–Crippen LogP) is 4.20. The number of ether oxygens (including phenoxy) is 1. The van der Waals surface area contributed by atoms with Gasteiger partial charge in [0.05, 0.1) is 35.5 Å². The van der Waals surface area contributed by atoms with Gasteiger partial charge < -0.3 is 20.5 Å². The van der Waals surface area contributed by atoms with Crippen LogP contribution in [0.2, 0.25) is 0 Å². The van der Waals surface area contributed by atoms with Crippen LogP contribution in [0.25, 0.3) is 0 Å². The van der Waals surface area contributed by atoms with E-state index in [4.69, 9.17) is 4.74 Å². The number of rotatable bonds is 6. The number of ketones is 1. The first-order valence-corrected chi connectivity index (χ1v) is 11.5. The van der Waals surface area contributed by atoms with Crippen molar-refractivity contribution >= 4 is 29.1 Å². The van der Waals surface area contributed by atoms with E-state index in [0.29, 0.717) is 40.3 Å². The van der Waals surface area contributed by atoms with Crippen LogP contribution in [0.4, 0.5) is 5.69 Å². The topological polar surface area (TPSA) is 111 Å². The number of Topliss-reactive ketones (excluding diaryl/α,β-unsaturated/α-hetero) is 1. The van der Waals surface area contributed by atoms with Gasteiger partial charge in [-0.3, -0.25) is 9.59 Å². The zero-order valence-electron chi connectivity index (χ0n) is 18.1. The maximum absolute atomic E-state index is 12.9. The second kappa shape index (κ2) is 9.84. The summed E-state index contributed by atoms with van der Waals surface area (Å²) in [5.74, 6) is -0.433. The lowest BCUT2D eigenvalue weighted by Gasteiger charge is -2.33. The van der Waals surface area contributed by atoms with E-state index in [1.165, 1.54) is 24.9 Å². The van der Waals surface area contributed by atoms with E-state index in [1.807, 2.05) is 18.2 Å². The van der Waals surface area contributed by atoms with Gasteiger partial charge in [0.1, 0.15) is 0 Å². The Morgan fingerprint density at radius 1 is 1.27 bits per heavy atom. The molecule has 0 saturated heterocycles. The number of nitrogens with one attached hydrogen (secondary N) is 2. The lowest BCUT2D eigenvalue weighted by molar-refractivity contribution is -0.116. The monoisotopic (exact) mass is 461 g/mol. The van der Waals surface area contributed by atoms with E-state index in [9.17, 15) is 20.0 Å². The Labute approximate surface area is 196 Å². The smallest absolute Gasteiger partial charge is 0.234 e. The molecular weight excluding hydrogens is 438 g/mol. The van der Waals surface area contributed by atoms with Gasteiger partial charge in [-0.1, -0.05) is 36.0 Å².